The van der Waals surface area contributed by atoms with E-state index in [1.807, 2.05) is 0 Å². The van der Waals surface area contributed by atoms with Gasteiger partial charge in [0.25, 0.3) is 0 Å². The summed E-state index contributed by atoms with van der Waals surface area (Å²) in [6.07, 6.45) is 2.81. The summed E-state index contributed by atoms with van der Waals surface area (Å²) in [5.74, 6) is 0.269. The topological polar surface area (TPSA) is 37.4 Å². The molecule has 0 amide bonds. The molecule has 0 aliphatic heterocycles. The number of rotatable bonds is 5. The maximum Gasteiger partial charge on any atom is 0.245 e. The monoisotopic (exact) mass is 347 g/mol. The molecule has 0 bridgehead atoms. The largest absolute Gasteiger partial charge is 0.245 e. The van der Waals surface area contributed by atoms with Crippen LogP contribution in [0.3, 0.4) is 0 Å². The molecule has 0 N–H and O–H groups in total. The van der Waals surface area contributed by atoms with Crippen LogP contribution in [0.15, 0.2) is 11.0 Å². The lowest BCUT2D eigenvalue weighted by Crippen LogP contribution is -2.45. The Morgan fingerprint density at radius 3 is 2.44 bits per heavy atom. The maximum absolute atomic E-state index is 12.5. The zero-order chi connectivity index (χ0) is 13.3. The molecule has 0 unspecified atom stereocenters. The van der Waals surface area contributed by atoms with E-state index in [1.165, 1.54) is 10.4 Å². The summed E-state index contributed by atoms with van der Waals surface area (Å²) in [4.78, 5) is 0.0937. The van der Waals surface area contributed by atoms with E-state index >= 15 is 0 Å². The Balaban J connectivity index is 2.35. The van der Waals surface area contributed by atoms with E-state index in [9.17, 15) is 8.42 Å². The summed E-state index contributed by atoms with van der Waals surface area (Å²) in [5, 5.41) is 0. The minimum Gasteiger partial charge on any atom is -0.207 e. The van der Waals surface area contributed by atoms with Crippen LogP contribution in [0.4, 0.5) is 0 Å². The summed E-state index contributed by atoms with van der Waals surface area (Å²) in [6.45, 7) is 0.304. The van der Waals surface area contributed by atoms with Crippen molar-refractivity contribution in [2.45, 2.75) is 30.2 Å². The second-order valence-corrected chi connectivity index (χ2v) is 8.60. The highest BCUT2D eigenvalue weighted by Crippen LogP contribution is 2.38. The molecule has 1 aliphatic carbocycles. The van der Waals surface area contributed by atoms with Gasteiger partial charge in [-0.1, -0.05) is 29.6 Å². The molecule has 3 nitrogen and oxygen atoms in total. The van der Waals surface area contributed by atoms with Gasteiger partial charge < -0.3 is 0 Å². The van der Waals surface area contributed by atoms with Crippen LogP contribution in [0.5, 0.6) is 0 Å². The van der Waals surface area contributed by atoms with Crippen molar-refractivity contribution in [2.75, 3.05) is 12.4 Å². The van der Waals surface area contributed by atoms with Crippen LogP contribution in [-0.2, 0) is 10.0 Å². The average Bonchev–Trinajstić information content (AvgIpc) is 2.55. The van der Waals surface area contributed by atoms with Gasteiger partial charge in [0.2, 0.25) is 10.0 Å². The van der Waals surface area contributed by atoms with Gasteiger partial charge in [0, 0.05) is 18.5 Å². The number of hydrogen-bond acceptors (Lipinski definition) is 3. The summed E-state index contributed by atoms with van der Waals surface area (Å²) in [5.41, 5.74) is 0. The third kappa shape index (κ3) is 2.81. The van der Waals surface area contributed by atoms with Crippen LogP contribution < -0.4 is 0 Å². The van der Waals surface area contributed by atoms with Crippen molar-refractivity contribution in [3.63, 3.8) is 0 Å². The number of sulfonamides is 1. The Labute approximate surface area is 126 Å². The highest BCUT2D eigenvalue weighted by Gasteiger charge is 2.36. The van der Waals surface area contributed by atoms with E-state index in [0.717, 1.165) is 30.6 Å². The lowest BCUT2D eigenvalue weighted by Gasteiger charge is -2.36. The van der Waals surface area contributed by atoms with Crippen molar-refractivity contribution >= 4 is 56.2 Å². The second-order valence-electron chi connectivity index (χ2n) is 4.08. The molecule has 1 aliphatic rings. The quantitative estimate of drug-likeness (QED) is 0.758. The van der Waals surface area contributed by atoms with Crippen molar-refractivity contribution in [3.8, 4) is 0 Å². The van der Waals surface area contributed by atoms with Crippen molar-refractivity contribution in [1.82, 2.24) is 4.31 Å². The first-order chi connectivity index (χ1) is 8.46. The van der Waals surface area contributed by atoms with Crippen LogP contribution in [0, 0.1) is 0 Å². The number of halogens is 3. The minimum atomic E-state index is -3.59. The van der Waals surface area contributed by atoms with E-state index in [4.69, 9.17) is 34.8 Å². The van der Waals surface area contributed by atoms with Crippen molar-refractivity contribution in [1.29, 1.82) is 0 Å². The third-order valence-corrected chi connectivity index (χ3v) is 6.87. The van der Waals surface area contributed by atoms with E-state index in [2.05, 4.69) is 0 Å². The molecule has 8 heteroatoms. The zero-order valence-corrected chi connectivity index (χ0v) is 13.3. The summed E-state index contributed by atoms with van der Waals surface area (Å²) in [6, 6.07) is 1.45. The molecule has 1 saturated carbocycles. The molecule has 2 rings (SSSR count). The Hall–Kier alpha value is 0.480. The summed E-state index contributed by atoms with van der Waals surface area (Å²) in [7, 11) is -3.59. The third-order valence-electron chi connectivity index (χ3n) is 3.00. The highest BCUT2D eigenvalue weighted by molar-refractivity contribution is 7.89. The summed E-state index contributed by atoms with van der Waals surface area (Å²) < 4.78 is 27.1. The van der Waals surface area contributed by atoms with Gasteiger partial charge >= 0.3 is 0 Å². The molecule has 0 radical (unpaired) electrons. The van der Waals surface area contributed by atoms with Gasteiger partial charge in [-0.15, -0.1) is 22.9 Å². The molecule has 0 saturated heterocycles. The first-order valence-corrected chi connectivity index (χ1v) is 9.04. The standard InChI is InChI=1S/C10H12Cl3NO2S2/c11-4-5-14(7-2-1-3-7)18(15,16)8-6-9(12)17-10(8)13/h6-7H,1-5H2. The van der Waals surface area contributed by atoms with E-state index in [-0.39, 0.29) is 21.2 Å². The zero-order valence-electron chi connectivity index (χ0n) is 9.40. The van der Waals surface area contributed by atoms with Gasteiger partial charge in [0.1, 0.15) is 9.23 Å². The average molecular weight is 349 g/mol. The highest BCUT2D eigenvalue weighted by atomic mass is 35.5. The van der Waals surface area contributed by atoms with Crippen LogP contribution in [0.1, 0.15) is 19.3 Å². The number of alkyl halides is 1. The van der Waals surface area contributed by atoms with E-state index in [0.29, 0.717) is 10.9 Å². The molecular weight excluding hydrogens is 337 g/mol. The van der Waals surface area contributed by atoms with Crippen molar-refractivity contribution in [2.24, 2.45) is 0 Å². The van der Waals surface area contributed by atoms with Crippen molar-refractivity contribution < 1.29 is 8.42 Å². The summed E-state index contributed by atoms with van der Waals surface area (Å²) >= 11 is 18.5. The van der Waals surface area contributed by atoms with Crippen molar-refractivity contribution in [3.05, 3.63) is 14.7 Å². The molecule has 0 spiro atoms. The van der Waals surface area contributed by atoms with Crippen LogP contribution in [0.2, 0.25) is 8.67 Å². The van der Waals surface area contributed by atoms with E-state index < -0.39 is 10.0 Å². The number of hydrogen-bond donors (Lipinski definition) is 0. The smallest absolute Gasteiger partial charge is 0.207 e. The predicted molar refractivity (Wildman–Crippen MR) is 76.6 cm³/mol. The lowest BCUT2D eigenvalue weighted by molar-refractivity contribution is 0.227. The van der Waals surface area contributed by atoms with Crippen LogP contribution in [-0.4, -0.2) is 31.2 Å². The SMILES string of the molecule is O=S(=O)(c1cc(Cl)sc1Cl)N(CCCl)C1CCC1. The van der Waals surface area contributed by atoms with Crippen LogP contribution in [0.25, 0.3) is 0 Å². The molecule has 1 aromatic heterocycles. The molecule has 1 aromatic rings. The van der Waals surface area contributed by atoms with Gasteiger partial charge in [0.15, 0.2) is 0 Å². The Bertz CT molecular complexity index is 525. The van der Waals surface area contributed by atoms with Gasteiger partial charge in [-0.05, 0) is 18.9 Å². The van der Waals surface area contributed by atoms with Gasteiger partial charge in [-0.2, -0.15) is 4.31 Å². The molecule has 0 atom stereocenters. The first kappa shape index (κ1) is 14.9. The minimum absolute atomic E-state index is 0.0449. The number of thiophene rings is 1. The fourth-order valence-electron chi connectivity index (χ4n) is 1.88. The second kappa shape index (κ2) is 5.85. The molecule has 102 valence electrons. The number of nitrogens with zero attached hydrogens (tertiary/aromatic N) is 1. The fourth-order valence-corrected chi connectivity index (χ4v) is 5.97. The Morgan fingerprint density at radius 2 is 2.06 bits per heavy atom. The predicted octanol–water partition coefficient (Wildman–Crippen LogP) is 3.84. The molecule has 18 heavy (non-hydrogen) atoms. The molecule has 0 aromatic carbocycles. The molecular formula is C10H12Cl3NO2S2. The van der Waals surface area contributed by atoms with Gasteiger partial charge in [-0.3, -0.25) is 0 Å². The van der Waals surface area contributed by atoms with Gasteiger partial charge in [0.05, 0.1) is 4.34 Å². The van der Waals surface area contributed by atoms with Crippen LogP contribution >= 0.6 is 46.1 Å². The van der Waals surface area contributed by atoms with Gasteiger partial charge in [-0.25, -0.2) is 8.42 Å². The normalized spacial score (nSPS) is 17.1. The lowest BCUT2D eigenvalue weighted by atomic mass is 9.93. The molecule has 1 fully saturated rings. The Morgan fingerprint density at radius 1 is 1.39 bits per heavy atom. The Kier molecular flexibility index (Phi) is 4.84. The molecule has 1 heterocycles. The fraction of sp³-hybridized carbons (Fsp3) is 0.600. The maximum atomic E-state index is 12.5. The first-order valence-electron chi connectivity index (χ1n) is 5.49. The van der Waals surface area contributed by atoms with E-state index in [1.54, 1.807) is 0 Å².